The zero-order valence-corrected chi connectivity index (χ0v) is 22.0. The number of nitrogens with one attached hydrogen (secondary N) is 2. The summed E-state index contributed by atoms with van der Waals surface area (Å²) < 4.78 is 32.3. The fourth-order valence-electron chi connectivity index (χ4n) is 5.21. The van der Waals surface area contributed by atoms with Gasteiger partial charge in [0.1, 0.15) is 11.4 Å². The Morgan fingerprint density at radius 3 is 2.38 bits per heavy atom. The molecule has 9 heteroatoms. The van der Waals surface area contributed by atoms with Crippen molar-refractivity contribution in [2.45, 2.75) is 29.7 Å². The molecule has 5 aromatic rings. The van der Waals surface area contributed by atoms with Crippen molar-refractivity contribution in [3.8, 4) is 11.4 Å². The average Bonchev–Trinajstić information content (AvgIpc) is 3.31. The first-order valence-electron chi connectivity index (χ1n) is 12.6. The fourth-order valence-corrected chi connectivity index (χ4v) is 6.36. The number of hydrogen-bond acceptors (Lipinski definition) is 4. The number of hydrogen-bond donors (Lipinski definition) is 2. The van der Waals surface area contributed by atoms with Gasteiger partial charge in [0.25, 0.3) is 10.0 Å². The van der Waals surface area contributed by atoms with E-state index >= 15 is 0 Å². The Hall–Kier alpha value is -4.63. The number of imidazole rings is 1. The molecule has 1 aliphatic carbocycles. The number of carbonyl (C=O) groups is 1. The Bertz CT molecular complexity index is 1750. The van der Waals surface area contributed by atoms with Gasteiger partial charge in [0.05, 0.1) is 4.90 Å². The Kier molecular flexibility index (Phi) is 6.07. The first-order valence-corrected chi connectivity index (χ1v) is 14.1. The van der Waals surface area contributed by atoms with Crippen molar-refractivity contribution in [1.29, 1.82) is 0 Å². The molecule has 2 N–H and O–H groups in total. The lowest BCUT2D eigenvalue weighted by molar-refractivity contribution is 0.239. The third kappa shape index (κ3) is 4.61. The van der Waals surface area contributed by atoms with Crippen LogP contribution in [0.4, 0.5) is 4.79 Å². The van der Waals surface area contributed by atoms with Crippen LogP contribution in [0.1, 0.15) is 29.3 Å². The van der Waals surface area contributed by atoms with Crippen molar-refractivity contribution < 1.29 is 13.2 Å². The van der Waals surface area contributed by atoms with Gasteiger partial charge in [0.15, 0.2) is 0 Å². The summed E-state index contributed by atoms with van der Waals surface area (Å²) in [5.74, 6) is 0.545. The third-order valence-corrected chi connectivity index (χ3v) is 8.65. The second-order valence-corrected chi connectivity index (χ2v) is 11.3. The van der Waals surface area contributed by atoms with Crippen LogP contribution in [-0.4, -0.2) is 28.6 Å². The quantitative estimate of drug-likeness (QED) is 0.304. The highest BCUT2D eigenvalue weighted by Gasteiger charge is 2.60. The molecule has 0 spiro atoms. The standard InChI is InChI=1S/C30H27N5O3S/c1-22-10-5-6-15-27(22)39(37,38)33-29(36)32-30(21-26(30)23-11-3-2-4-12-23)28-31-16-19-35(28)25-14-9-13-24(20-25)34-17-7-8-18-34/h2-20,26H,21H2,1H3,(H2,32,33,36)/t26?,30-/m0/s1. The lowest BCUT2D eigenvalue weighted by Crippen LogP contribution is -2.46. The van der Waals surface area contributed by atoms with Crippen molar-refractivity contribution in [2.75, 3.05) is 0 Å². The molecule has 0 aliphatic heterocycles. The molecule has 196 valence electrons. The summed E-state index contributed by atoms with van der Waals surface area (Å²) in [5, 5.41) is 3.00. The monoisotopic (exact) mass is 537 g/mol. The minimum atomic E-state index is -4.07. The van der Waals surface area contributed by atoms with E-state index in [4.69, 9.17) is 0 Å². The Balaban J connectivity index is 1.36. The Labute approximate surface area is 227 Å². The molecule has 1 unspecified atom stereocenters. The average molecular weight is 538 g/mol. The molecule has 2 atom stereocenters. The predicted molar refractivity (Wildman–Crippen MR) is 148 cm³/mol. The number of benzene rings is 3. The van der Waals surface area contributed by atoms with Crippen LogP contribution >= 0.6 is 0 Å². The van der Waals surface area contributed by atoms with E-state index < -0.39 is 21.6 Å². The summed E-state index contributed by atoms with van der Waals surface area (Å²) in [5.41, 5.74) is 2.55. The molecule has 1 fully saturated rings. The zero-order chi connectivity index (χ0) is 27.0. The number of nitrogens with zero attached hydrogens (tertiary/aromatic N) is 3. The van der Waals surface area contributed by atoms with Crippen LogP contribution in [0.3, 0.4) is 0 Å². The van der Waals surface area contributed by atoms with Crippen molar-refractivity contribution >= 4 is 16.1 Å². The summed E-state index contributed by atoms with van der Waals surface area (Å²) in [4.78, 5) is 18.0. The maximum atomic E-state index is 13.3. The SMILES string of the molecule is Cc1ccccc1S(=O)(=O)NC(=O)N[C@@]1(c2nccn2-c2cccc(-n3cccc3)c2)CC1c1ccccc1. The molecule has 1 aliphatic rings. The van der Waals surface area contributed by atoms with Gasteiger partial charge >= 0.3 is 6.03 Å². The molecular formula is C30H27N5O3S. The molecule has 0 bridgehead atoms. The van der Waals surface area contributed by atoms with E-state index in [0.29, 0.717) is 17.8 Å². The van der Waals surface area contributed by atoms with Crippen LogP contribution in [-0.2, 0) is 15.6 Å². The van der Waals surface area contributed by atoms with Crippen molar-refractivity contribution in [3.63, 3.8) is 0 Å². The largest absolute Gasteiger partial charge is 0.329 e. The third-order valence-electron chi connectivity index (χ3n) is 7.16. The Morgan fingerprint density at radius 1 is 0.897 bits per heavy atom. The van der Waals surface area contributed by atoms with Gasteiger partial charge in [-0.1, -0.05) is 54.6 Å². The van der Waals surface area contributed by atoms with E-state index in [2.05, 4.69) is 15.0 Å². The number of rotatable bonds is 7. The summed E-state index contributed by atoms with van der Waals surface area (Å²) in [6.45, 7) is 1.69. The second-order valence-electron chi connectivity index (χ2n) is 9.69. The fraction of sp³-hybridized carbons (Fsp3) is 0.133. The molecule has 2 aromatic heterocycles. The molecule has 1 saturated carbocycles. The zero-order valence-electron chi connectivity index (χ0n) is 21.2. The van der Waals surface area contributed by atoms with E-state index in [1.54, 1.807) is 31.3 Å². The lowest BCUT2D eigenvalue weighted by atomic mass is 10.1. The van der Waals surface area contributed by atoms with Gasteiger partial charge in [-0.3, -0.25) is 0 Å². The van der Waals surface area contributed by atoms with Crippen LogP contribution in [0.2, 0.25) is 0 Å². The molecule has 39 heavy (non-hydrogen) atoms. The lowest BCUT2D eigenvalue weighted by Gasteiger charge is -2.22. The van der Waals surface area contributed by atoms with Crippen LogP contribution in [0.25, 0.3) is 11.4 Å². The Morgan fingerprint density at radius 2 is 1.62 bits per heavy atom. The van der Waals surface area contributed by atoms with Gasteiger partial charge in [-0.25, -0.2) is 22.9 Å². The van der Waals surface area contributed by atoms with Crippen LogP contribution in [0.15, 0.2) is 121 Å². The van der Waals surface area contributed by atoms with Gasteiger partial charge in [-0.05, 0) is 60.9 Å². The minimum Gasteiger partial charge on any atom is -0.324 e. The number of carbonyl (C=O) groups excluding carboxylic acids is 1. The van der Waals surface area contributed by atoms with E-state index in [1.807, 2.05) is 94.5 Å². The van der Waals surface area contributed by atoms with Gasteiger partial charge in [0, 0.05) is 42.1 Å². The molecule has 2 amide bonds. The number of sulfonamides is 1. The molecular weight excluding hydrogens is 510 g/mol. The summed E-state index contributed by atoms with van der Waals surface area (Å²) in [6.07, 6.45) is 8.08. The normalized spacial score (nSPS) is 18.4. The van der Waals surface area contributed by atoms with Crippen molar-refractivity contribution in [2.24, 2.45) is 0 Å². The molecule has 8 nitrogen and oxygen atoms in total. The highest BCUT2D eigenvalue weighted by molar-refractivity contribution is 7.90. The first-order chi connectivity index (χ1) is 18.9. The number of aromatic nitrogens is 3. The van der Waals surface area contributed by atoms with E-state index in [9.17, 15) is 13.2 Å². The van der Waals surface area contributed by atoms with E-state index in [-0.39, 0.29) is 10.8 Å². The van der Waals surface area contributed by atoms with Gasteiger partial charge in [-0.15, -0.1) is 0 Å². The van der Waals surface area contributed by atoms with Crippen LogP contribution < -0.4 is 10.0 Å². The molecule has 3 aromatic carbocycles. The first kappa shape index (κ1) is 24.7. The maximum Gasteiger partial charge on any atom is 0.329 e. The maximum absolute atomic E-state index is 13.3. The number of urea groups is 1. The highest BCUT2D eigenvalue weighted by Crippen LogP contribution is 2.58. The van der Waals surface area contributed by atoms with Crippen LogP contribution in [0, 0.1) is 6.92 Å². The van der Waals surface area contributed by atoms with Crippen molar-refractivity contribution in [1.82, 2.24) is 24.2 Å². The predicted octanol–water partition coefficient (Wildman–Crippen LogP) is 5.04. The minimum absolute atomic E-state index is 0.0629. The molecule has 0 saturated heterocycles. The van der Waals surface area contributed by atoms with Gasteiger partial charge in [0.2, 0.25) is 0 Å². The molecule has 0 radical (unpaired) electrons. The van der Waals surface area contributed by atoms with Gasteiger partial charge < -0.3 is 14.5 Å². The summed E-state index contributed by atoms with van der Waals surface area (Å²) in [7, 11) is -4.07. The van der Waals surface area contributed by atoms with Gasteiger partial charge in [-0.2, -0.15) is 0 Å². The second kappa shape index (κ2) is 9.59. The van der Waals surface area contributed by atoms with Crippen LogP contribution in [0.5, 0.6) is 0 Å². The smallest absolute Gasteiger partial charge is 0.324 e. The highest BCUT2D eigenvalue weighted by atomic mass is 32.2. The molecule has 6 rings (SSSR count). The summed E-state index contributed by atoms with van der Waals surface area (Å²) >= 11 is 0. The number of amides is 2. The topological polar surface area (TPSA) is 98.0 Å². The summed E-state index contributed by atoms with van der Waals surface area (Å²) in [6, 6.07) is 27.6. The van der Waals surface area contributed by atoms with E-state index in [0.717, 1.165) is 16.9 Å². The molecule has 2 heterocycles. The van der Waals surface area contributed by atoms with Crippen molar-refractivity contribution in [3.05, 3.63) is 133 Å². The number of aryl methyl sites for hydroxylation is 1. The van der Waals surface area contributed by atoms with E-state index in [1.165, 1.54) is 6.07 Å².